The summed E-state index contributed by atoms with van der Waals surface area (Å²) in [6.07, 6.45) is 5.68. The molecule has 0 atom stereocenters. The van der Waals surface area contributed by atoms with Gasteiger partial charge in [-0.3, -0.25) is 0 Å². The molecule has 0 saturated carbocycles. The fraction of sp³-hybridized carbons (Fsp3) is 0.538. The molecule has 1 aromatic carbocycles. The molecule has 0 radical (unpaired) electrons. The van der Waals surface area contributed by atoms with E-state index >= 15 is 0 Å². The Morgan fingerprint density at radius 2 is 2.20 bits per heavy atom. The van der Waals surface area contributed by atoms with E-state index in [9.17, 15) is 0 Å². The van der Waals surface area contributed by atoms with Gasteiger partial charge in [0.2, 0.25) is 0 Å². The molecule has 1 aliphatic heterocycles. The number of unbranched alkanes of at least 4 members (excludes halogenated alkanes) is 1. The van der Waals surface area contributed by atoms with Crippen molar-refractivity contribution < 1.29 is 4.74 Å². The highest BCUT2D eigenvalue weighted by atomic mass is 16.5. The van der Waals surface area contributed by atoms with Crippen LogP contribution >= 0.6 is 0 Å². The Hall–Kier alpha value is -1.02. The highest BCUT2D eigenvalue weighted by molar-refractivity contribution is 5.42. The molecule has 0 bridgehead atoms. The van der Waals surface area contributed by atoms with Crippen molar-refractivity contribution in [3.05, 3.63) is 29.3 Å². The fourth-order valence-corrected chi connectivity index (χ4v) is 2.11. The first kappa shape index (κ1) is 10.5. The van der Waals surface area contributed by atoms with Crippen LogP contribution in [-0.2, 0) is 12.8 Å². The molecule has 0 amide bonds. The summed E-state index contributed by atoms with van der Waals surface area (Å²) < 4.78 is 5.75. The third-order valence-corrected chi connectivity index (χ3v) is 2.92. The van der Waals surface area contributed by atoms with Gasteiger partial charge in [0.15, 0.2) is 0 Å². The van der Waals surface area contributed by atoms with Gasteiger partial charge >= 0.3 is 0 Å². The Morgan fingerprint density at radius 3 is 3.07 bits per heavy atom. The number of aryl methyl sites for hydroxylation is 2. The smallest absolute Gasteiger partial charge is 0.125 e. The van der Waals surface area contributed by atoms with E-state index in [1.807, 2.05) is 0 Å². The Bertz CT molecular complexity index is 322. The van der Waals surface area contributed by atoms with Gasteiger partial charge in [-0.2, -0.15) is 0 Å². The van der Waals surface area contributed by atoms with Crippen molar-refractivity contribution >= 4 is 0 Å². The van der Waals surface area contributed by atoms with Crippen LogP contribution in [-0.4, -0.2) is 13.2 Å². The average Bonchev–Trinajstić information content (AvgIpc) is 2.30. The van der Waals surface area contributed by atoms with Crippen molar-refractivity contribution in [3.63, 3.8) is 0 Å². The lowest BCUT2D eigenvalue weighted by Gasteiger charge is -2.20. The van der Waals surface area contributed by atoms with Gasteiger partial charge in [0, 0.05) is 0 Å². The van der Waals surface area contributed by atoms with E-state index in [1.54, 1.807) is 0 Å². The lowest BCUT2D eigenvalue weighted by molar-refractivity contribution is 0.285. The number of rotatable bonds is 4. The van der Waals surface area contributed by atoms with Crippen LogP contribution in [0.2, 0.25) is 0 Å². The minimum Gasteiger partial charge on any atom is -0.493 e. The van der Waals surface area contributed by atoms with Gasteiger partial charge in [-0.1, -0.05) is 18.2 Å². The normalized spacial score (nSPS) is 14.5. The largest absolute Gasteiger partial charge is 0.493 e. The second kappa shape index (κ2) is 5.17. The van der Waals surface area contributed by atoms with Crippen molar-refractivity contribution in [3.8, 4) is 5.75 Å². The number of fused-ring (bicyclic) bond motifs is 1. The van der Waals surface area contributed by atoms with Crippen molar-refractivity contribution in [1.29, 1.82) is 0 Å². The first-order chi connectivity index (χ1) is 7.42. The Labute approximate surface area is 91.4 Å². The van der Waals surface area contributed by atoms with Crippen LogP contribution < -0.4 is 10.5 Å². The maximum Gasteiger partial charge on any atom is 0.125 e. The van der Waals surface area contributed by atoms with Gasteiger partial charge < -0.3 is 10.5 Å². The molecule has 1 aromatic rings. The molecular formula is C13H19NO. The quantitative estimate of drug-likeness (QED) is 0.765. The van der Waals surface area contributed by atoms with Gasteiger partial charge in [0.1, 0.15) is 5.75 Å². The molecule has 15 heavy (non-hydrogen) atoms. The third-order valence-electron chi connectivity index (χ3n) is 2.92. The molecule has 82 valence electrons. The molecule has 0 aliphatic carbocycles. The number of hydrogen-bond acceptors (Lipinski definition) is 2. The van der Waals surface area contributed by atoms with Crippen molar-refractivity contribution in [1.82, 2.24) is 0 Å². The van der Waals surface area contributed by atoms with Gasteiger partial charge in [-0.15, -0.1) is 0 Å². The Morgan fingerprint density at radius 1 is 1.27 bits per heavy atom. The van der Waals surface area contributed by atoms with Crippen LogP contribution in [0.1, 0.15) is 30.4 Å². The van der Waals surface area contributed by atoms with E-state index in [2.05, 4.69) is 18.2 Å². The predicted molar refractivity (Wildman–Crippen MR) is 62.3 cm³/mol. The highest BCUT2D eigenvalue weighted by Gasteiger charge is 2.13. The van der Waals surface area contributed by atoms with Crippen LogP contribution in [0.5, 0.6) is 5.75 Å². The third kappa shape index (κ3) is 2.51. The summed E-state index contributed by atoms with van der Waals surface area (Å²) in [6.45, 7) is 1.66. The van der Waals surface area contributed by atoms with Crippen LogP contribution in [0.4, 0.5) is 0 Å². The zero-order valence-corrected chi connectivity index (χ0v) is 9.17. The van der Waals surface area contributed by atoms with E-state index in [4.69, 9.17) is 10.5 Å². The topological polar surface area (TPSA) is 35.2 Å². The zero-order chi connectivity index (χ0) is 10.5. The predicted octanol–water partition coefficient (Wildman–Crippen LogP) is 2.29. The first-order valence-corrected chi connectivity index (χ1v) is 5.85. The Kier molecular flexibility index (Phi) is 3.62. The summed E-state index contributed by atoms with van der Waals surface area (Å²) in [5.41, 5.74) is 8.24. The Balaban J connectivity index is 2.09. The van der Waals surface area contributed by atoms with E-state index in [0.29, 0.717) is 0 Å². The van der Waals surface area contributed by atoms with E-state index in [-0.39, 0.29) is 0 Å². The minimum absolute atomic E-state index is 0.788. The van der Waals surface area contributed by atoms with Crippen molar-refractivity contribution in [2.45, 2.75) is 32.1 Å². The molecule has 2 heteroatoms. The fourth-order valence-electron chi connectivity index (χ4n) is 2.11. The molecule has 1 aliphatic rings. The van der Waals surface area contributed by atoms with E-state index in [0.717, 1.165) is 44.6 Å². The second-order valence-electron chi connectivity index (χ2n) is 4.10. The molecule has 0 aromatic heterocycles. The molecule has 0 unspecified atom stereocenters. The molecular weight excluding hydrogens is 186 g/mol. The zero-order valence-electron chi connectivity index (χ0n) is 9.17. The maximum absolute atomic E-state index is 5.75. The summed E-state index contributed by atoms with van der Waals surface area (Å²) in [4.78, 5) is 0. The van der Waals surface area contributed by atoms with Crippen LogP contribution in [0, 0.1) is 0 Å². The molecule has 0 spiro atoms. The SMILES string of the molecule is NCCCCc1cccc2c1OCCC2. The van der Waals surface area contributed by atoms with Gasteiger partial charge in [-0.05, 0) is 49.8 Å². The van der Waals surface area contributed by atoms with Crippen LogP contribution in [0.3, 0.4) is 0 Å². The van der Waals surface area contributed by atoms with Crippen LogP contribution in [0.15, 0.2) is 18.2 Å². The number of benzene rings is 1. The first-order valence-electron chi connectivity index (χ1n) is 5.85. The summed E-state index contributed by atoms with van der Waals surface area (Å²) in [6, 6.07) is 6.51. The standard InChI is InChI=1S/C13H19NO/c14-9-2-1-5-11-6-3-7-12-8-4-10-15-13(11)12/h3,6-7H,1-2,4-5,8-10,14H2. The molecule has 0 saturated heterocycles. The number of hydrogen-bond donors (Lipinski definition) is 1. The van der Waals surface area contributed by atoms with E-state index in [1.165, 1.54) is 17.5 Å². The molecule has 2 rings (SSSR count). The average molecular weight is 205 g/mol. The summed E-state index contributed by atoms with van der Waals surface area (Å²) >= 11 is 0. The molecule has 2 N–H and O–H groups in total. The minimum atomic E-state index is 0.788. The molecule has 0 fully saturated rings. The molecule has 2 nitrogen and oxygen atoms in total. The summed E-state index contributed by atoms with van der Waals surface area (Å²) in [5.74, 6) is 1.15. The van der Waals surface area contributed by atoms with Gasteiger partial charge in [0.05, 0.1) is 6.61 Å². The van der Waals surface area contributed by atoms with Crippen LogP contribution in [0.25, 0.3) is 0 Å². The number of para-hydroxylation sites is 1. The lowest BCUT2D eigenvalue weighted by Crippen LogP contribution is -2.10. The van der Waals surface area contributed by atoms with Gasteiger partial charge in [0.25, 0.3) is 0 Å². The summed E-state index contributed by atoms with van der Waals surface area (Å²) in [5, 5.41) is 0. The highest BCUT2D eigenvalue weighted by Crippen LogP contribution is 2.29. The molecule has 1 heterocycles. The van der Waals surface area contributed by atoms with Crippen molar-refractivity contribution in [2.75, 3.05) is 13.2 Å². The van der Waals surface area contributed by atoms with Gasteiger partial charge in [-0.25, -0.2) is 0 Å². The monoisotopic (exact) mass is 205 g/mol. The second-order valence-corrected chi connectivity index (χ2v) is 4.10. The summed E-state index contributed by atoms with van der Waals surface area (Å²) in [7, 11) is 0. The number of nitrogens with two attached hydrogens (primary N) is 1. The lowest BCUT2D eigenvalue weighted by atomic mass is 9.99. The number of ether oxygens (including phenoxy) is 1. The van der Waals surface area contributed by atoms with E-state index < -0.39 is 0 Å². The maximum atomic E-state index is 5.75. The van der Waals surface area contributed by atoms with Crippen molar-refractivity contribution in [2.24, 2.45) is 5.73 Å².